The minimum absolute atomic E-state index is 0.0282. The highest BCUT2D eigenvalue weighted by molar-refractivity contribution is 7.84. The van der Waals surface area contributed by atoms with Crippen molar-refractivity contribution in [3.05, 3.63) is 23.8 Å². The van der Waals surface area contributed by atoms with Crippen LogP contribution in [0.15, 0.2) is 18.2 Å². The molecule has 1 aromatic carbocycles. The van der Waals surface area contributed by atoms with Gasteiger partial charge in [-0.1, -0.05) is 13.0 Å². The van der Waals surface area contributed by atoms with Gasteiger partial charge >= 0.3 is 0 Å². The first-order valence-electron chi connectivity index (χ1n) is 7.76. The van der Waals surface area contributed by atoms with Crippen LogP contribution in [0.5, 0.6) is 11.5 Å². The lowest BCUT2D eigenvalue weighted by molar-refractivity contribution is 0.231. The summed E-state index contributed by atoms with van der Waals surface area (Å²) in [6.45, 7) is 9.90. The Morgan fingerprint density at radius 2 is 1.95 bits per heavy atom. The van der Waals surface area contributed by atoms with Crippen LogP contribution < -0.4 is 9.88 Å². The Morgan fingerprint density at radius 3 is 2.50 bits per heavy atom. The zero-order valence-electron chi connectivity index (χ0n) is 14.3. The van der Waals surface area contributed by atoms with Gasteiger partial charge in [0.05, 0.1) is 21.8 Å². The number of aromatic hydroxyl groups is 1. The molecule has 0 aromatic heterocycles. The molecule has 1 unspecified atom stereocenters. The van der Waals surface area contributed by atoms with Crippen LogP contribution in [0.1, 0.15) is 53.0 Å². The van der Waals surface area contributed by atoms with Crippen LogP contribution in [0.4, 0.5) is 0 Å². The summed E-state index contributed by atoms with van der Waals surface area (Å²) in [5.41, 5.74) is 1.13. The average molecular weight is 327 g/mol. The lowest BCUT2D eigenvalue weighted by Crippen LogP contribution is -2.33. The van der Waals surface area contributed by atoms with Gasteiger partial charge in [0.2, 0.25) is 0 Å². The zero-order chi connectivity index (χ0) is 16.9. The molecular formula is C17H29NO3S. The molecular weight excluding hydrogens is 298 g/mol. The van der Waals surface area contributed by atoms with E-state index in [4.69, 9.17) is 9.88 Å². The maximum atomic E-state index is 11.5. The van der Waals surface area contributed by atoms with Gasteiger partial charge in [0.1, 0.15) is 0 Å². The molecule has 0 aliphatic carbocycles. The molecule has 0 fully saturated rings. The number of benzene rings is 1. The van der Waals surface area contributed by atoms with Crippen molar-refractivity contribution in [1.29, 1.82) is 0 Å². The minimum Gasteiger partial charge on any atom is -0.504 e. The van der Waals surface area contributed by atoms with E-state index in [9.17, 15) is 9.32 Å². The SMILES string of the molecule is CC(C)Oc1cc(CC[C@@H](C)CC(C)(C)S(N)=O)ccc1O. The summed E-state index contributed by atoms with van der Waals surface area (Å²) >= 11 is 0. The fraction of sp³-hybridized carbons (Fsp3) is 0.647. The Labute approximate surface area is 136 Å². The van der Waals surface area contributed by atoms with Gasteiger partial charge in [-0.05, 0) is 70.6 Å². The van der Waals surface area contributed by atoms with Gasteiger partial charge in [-0.3, -0.25) is 5.14 Å². The van der Waals surface area contributed by atoms with Crippen LogP contribution in [0.2, 0.25) is 0 Å². The smallest absolute Gasteiger partial charge is 0.161 e. The van der Waals surface area contributed by atoms with E-state index in [1.807, 2.05) is 39.8 Å². The molecule has 0 amide bonds. The number of rotatable bonds is 8. The van der Waals surface area contributed by atoms with Crippen LogP contribution in [-0.4, -0.2) is 20.2 Å². The molecule has 0 saturated heterocycles. The third-order valence-electron chi connectivity index (χ3n) is 3.70. The van der Waals surface area contributed by atoms with E-state index in [1.165, 1.54) is 0 Å². The predicted octanol–water partition coefficient (Wildman–Crippen LogP) is 3.54. The van der Waals surface area contributed by atoms with Gasteiger partial charge < -0.3 is 9.84 Å². The highest BCUT2D eigenvalue weighted by Crippen LogP contribution is 2.29. The van der Waals surface area contributed by atoms with Crippen molar-refractivity contribution < 1.29 is 14.1 Å². The van der Waals surface area contributed by atoms with Crippen molar-refractivity contribution in [3.8, 4) is 11.5 Å². The zero-order valence-corrected chi connectivity index (χ0v) is 15.1. The summed E-state index contributed by atoms with van der Waals surface area (Å²) in [7, 11) is -1.31. The van der Waals surface area contributed by atoms with E-state index in [-0.39, 0.29) is 16.6 Å². The first-order chi connectivity index (χ1) is 10.1. The van der Waals surface area contributed by atoms with E-state index in [0.29, 0.717) is 11.7 Å². The molecule has 2 atom stereocenters. The molecule has 5 heteroatoms. The van der Waals surface area contributed by atoms with Gasteiger partial charge in [-0.25, -0.2) is 4.21 Å². The van der Waals surface area contributed by atoms with Crippen LogP contribution in [0.25, 0.3) is 0 Å². The Bertz CT molecular complexity index is 515. The molecule has 0 radical (unpaired) electrons. The molecule has 0 spiro atoms. The normalized spacial score (nSPS) is 14.9. The van der Waals surface area contributed by atoms with E-state index < -0.39 is 11.0 Å². The molecule has 1 aromatic rings. The topological polar surface area (TPSA) is 72.5 Å². The van der Waals surface area contributed by atoms with Gasteiger partial charge in [-0.15, -0.1) is 0 Å². The van der Waals surface area contributed by atoms with Crippen LogP contribution in [0.3, 0.4) is 0 Å². The molecule has 3 N–H and O–H groups in total. The fourth-order valence-corrected chi connectivity index (χ4v) is 2.95. The van der Waals surface area contributed by atoms with Crippen molar-refractivity contribution in [1.82, 2.24) is 0 Å². The predicted molar refractivity (Wildman–Crippen MR) is 92.4 cm³/mol. The number of phenolic OH excluding ortho intramolecular Hbond substituents is 1. The third kappa shape index (κ3) is 5.97. The highest BCUT2D eigenvalue weighted by atomic mass is 32.2. The number of ether oxygens (including phenoxy) is 1. The van der Waals surface area contributed by atoms with Crippen LogP contribution >= 0.6 is 0 Å². The Morgan fingerprint density at radius 1 is 1.32 bits per heavy atom. The van der Waals surface area contributed by atoms with Gasteiger partial charge in [0.25, 0.3) is 0 Å². The molecule has 126 valence electrons. The molecule has 0 heterocycles. The number of aryl methyl sites for hydroxylation is 1. The standard InChI is InChI=1S/C17H29NO3S/c1-12(2)21-16-10-14(8-9-15(16)19)7-6-13(3)11-17(4,5)22(18)20/h8-10,12-13,19H,6-7,11,18H2,1-5H3/t13-,22?/m1/s1. The van der Waals surface area contributed by atoms with E-state index in [1.54, 1.807) is 6.07 Å². The first-order valence-corrected chi connectivity index (χ1v) is 8.98. The van der Waals surface area contributed by atoms with Gasteiger partial charge in [-0.2, -0.15) is 0 Å². The van der Waals surface area contributed by atoms with E-state index in [0.717, 1.165) is 24.8 Å². The third-order valence-corrected chi connectivity index (χ3v) is 4.95. The molecule has 0 bridgehead atoms. The minimum atomic E-state index is -1.31. The summed E-state index contributed by atoms with van der Waals surface area (Å²) in [4.78, 5) is 0. The van der Waals surface area contributed by atoms with Gasteiger partial charge in [0.15, 0.2) is 11.5 Å². The second-order valence-electron chi connectivity index (χ2n) is 6.87. The largest absolute Gasteiger partial charge is 0.504 e. The van der Waals surface area contributed by atoms with Crippen LogP contribution in [0, 0.1) is 5.92 Å². The number of hydrogen-bond acceptors (Lipinski definition) is 3. The maximum absolute atomic E-state index is 11.5. The van der Waals surface area contributed by atoms with Crippen LogP contribution in [-0.2, 0) is 17.4 Å². The first kappa shape index (κ1) is 19.0. The number of nitrogens with two attached hydrogens (primary N) is 1. The molecule has 0 aliphatic heterocycles. The quantitative estimate of drug-likeness (QED) is 0.767. The van der Waals surface area contributed by atoms with Crippen molar-refractivity contribution in [2.75, 3.05) is 0 Å². The highest BCUT2D eigenvalue weighted by Gasteiger charge is 2.25. The van der Waals surface area contributed by atoms with Crippen molar-refractivity contribution >= 4 is 11.0 Å². The Balaban J connectivity index is 2.63. The number of phenols is 1. The summed E-state index contributed by atoms with van der Waals surface area (Å²) in [5, 5.41) is 15.3. The molecule has 0 saturated carbocycles. The summed E-state index contributed by atoms with van der Waals surface area (Å²) < 4.78 is 16.7. The van der Waals surface area contributed by atoms with Crippen molar-refractivity contribution in [2.45, 2.75) is 64.7 Å². The van der Waals surface area contributed by atoms with Crippen molar-refractivity contribution in [3.63, 3.8) is 0 Å². The molecule has 0 aliphatic rings. The Kier molecular flexibility index (Phi) is 6.88. The molecule has 4 nitrogen and oxygen atoms in total. The summed E-state index contributed by atoms with van der Waals surface area (Å²) in [6, 6.07) is 5.49. The lowest BCUT2D eigenvalue weighted by Gasteiger charge is -2.25. The molecule has 1 rings (SSSR count). The average Bonchev–Trinajstić information content (AvgIpc) is 2.38. The molecule has 22 heavy (non-hydrogen) atoms. The number of hydrogen-bond donors (Lipinski definition) is 2. The monoisotopic (exact) mass is 327 g/mol. The van der Waals surface area contributed by atoms with E-state index in [2.05, 4.69) is 6.92 Å². The lowest BCUT2D eigenvalue weighted by atomic mass is 9.92. The van der Waals surface area contributed by atoms with Gasteiger partial charge in [0, 0.05) is 0 Å². The van der Waals surface area contributed by atoms with E-state index >= 15 is 0 Å². The second-order valence-corrected chi connectivity index (χ2v) is 8.57. The van der Waals surface area contributed by atoms with Crippen molar-refractivity contribution in [2.24, 2.45) is 11.1 Å². The maximum Gasteiger partial charge on any atom is 0.161 e. The fourth-order valence-electron chi connectivity index (χ4n) is 2.50. The summed E-state index contributed by atoms with van der Waals surface area (Å²) in [6.07, 6.45) is 2.72. The summed E-state index contributed by atoms with van der Waals surface area (Å²) in [5.74, 6) is 1.12. The Hall–Kier alpha value is -1.07. The second kappa shape index (κ2) is 7.97.